The van der Waals surface area contributed by atoms with Crippen molar-refractivity contribution in [2.75, 3.05) is 11.9 Å². The lowest BCUT2D eigenvalue weighted by atomic mass is 9.98. The zero-order valence-electron chi connectivity index (χ0n) is 12.6. The summed E-state index contributed by atoms with van der Waals surface area (Å²) in [6.07, 6.45) is 1.97. The highest BCUT2D eigenvalue weighted by Gasteiger charge is 2.17. The van der Waals surface area contributed by atoms with E-state index >= 15 is 0 Å². The van der Waals surface area contributed by atoms with E-state index in [0.717, 1.165) is 18.0 Å². The van der Waals surface area contributed by atoms with Gasteiger partial charge in [0.15, 0.2) is 0 Å². The van der Waals surface area contributed by atoms with Crippen molar-refractivity contribution < 1.29 is 4.74 Å². The molecule has 2 aromatic rings. The molecule has 0 saturated carbocycles. The van der Waals surface area contributed by atoms with E-state index in [-0.39, 0.29) is 5.41 Å². The van der Waals surface area contributed by atoms with Crippen LogP contribution in [0, 0.1) is 0 Å². The van der Waals surface area contributed by atoms with E-state index in [1.165, 1.54) is 9.88 Å². The van der Waals surface area contributed by atoms with E-state index in [4.69, 9.17) is 4.74 Å². The predicted octanol–water partition coefficient (Wildman–Crippen LogP) is 4.45. The molecule has 0 unspecified atom stereocenters. The van der Waals surface area contributed by atoms with Gasteiger partial charge in [-0.25, -0.2) is 4.98 Å². The lowest BCUT2D eigenvalue weighted by Gasteiger charge is -2.13. The normalized spacial score (nSPS) is 11.4. The number of benzene rings is 1. The first kappa shape index (κ1) is 14.9. The monoisotopic (exact) mass is 290 g/mol. The Hall–Kier alpha value is -1.55. The molecule has 0 fully saturated rings. The number of ether oxygens (including phenoxy) is 1. The van der Waals surface area contributed by atoms with Gasteiger partial charge in [0, 0.05) is 22.2 Å². The summed E-state index contributed by atoms with van der Waals surface area (Å²) in [5, 5.41) is 4.59. The minimum atomic E-state index is 0.127. The van der Waals surface area contributed by atoms with Crippen molar-refractivity contribution in [1.82, 2.24) is 4.98 Å². The van der Waals surface area contributed by atoms with Crippen LogP contribution in [0.15, 0.2) is 30.5 Å². The van der Waals surface area contributed by atoms with Crippen LogP contribution in [0.5, 0.6) is 5.75 Å². The van der Waals surface area contributed by atoms with Gasteiger partial charge in [0.1, 0.15) is 5.75 Å². The van der Waals surface area contributed by atoms with Gasteiger partial charge >= 0.3 is 0 Å². The molecule has 0 amide bonds. The van der Waals surface area contributed by atoms with Gasteiger partial charge in [-0.15, -0.1) is 11.3 Å². The lowest BCUT2D eigenvalue weighted by molar-refractivity contribution is 0.340. The molecular weight excluding hydrogens is 268 g/mol. The fraction of sp³-hybridized carbons (Fsp3) is 0.438. The minimum absolute atomic E-state index is 0.127. The minimum Gasteiger partial charge on any atom is -0.494 e. The first-order valence-corrected chi connectivity index (χ1v) is 7.72. The van der Waals surface area contributed by atoms with Crippen molar-refractivity contribution in [2.45, 2.75) is 39.7 Å². The molecule has 0 aliphatic heterocycles. The summed E-state index contributed by atoms with van der Waals surface area (Å²) in [5.74, 6) is 0.908. The van der Waals surface area contributed by atoms with Crippen LogP contribution in [0.3, 0.4) is 0 Å². The summed E-state index contributed by atoms with van der Waals surface area (Å²) in [5.41, 5.74) is 1.22. The molecule has 1 N–H and O–H groups in total. The fourth-order valence-electron chi connectivity index (χ4n) is 1.76. The topological polar surface area (TPSA) is 34.1 Å². The summed E-state index contributed by atoms with van der Waals surface area (Å²) in [7, 11) is 0. The van der Waals surface area contributed by atoms with Crippen LogP contribution < -0.4 is 10.1 Å². The van der Waals surface area contributed by atoms with Crippen LogP contribution in [0.1, 0.15) is 37.6 Å². The molecule has 0 aliphatic carbocycles. The number of aromatic nitrogens is 1. The summed E-state index contributed by atoms with van der Waals surface area (Å²) in [6.45, 7) is 10.1. The summed E-state index contributed by atoms with van der Waals surface area (Å²) in [4.78, 5) is 5.75. The van der Waals surface area contributed by atoms with Gasteiger partial charge < -0.3 is 10.1 Å². The number of thiazole rings is 1. The molecule has 0 saturated heterocycles. The van der Waals surface area contributed by atoms with Gasteiger partial charge in [-0.3, -0.25) is 0 Å². The largest absolute Gasteiger partial charge is 0.494 e. The highest BCUT2D eigenvalue weighted by Crippen LogP contribution is 2.27. The smallest absolute Gasteiger partial charge is 0.119 e. The van der Waals surface area contributed by atoms with Gasteiger partial charge in [0.2, 0.25) is 0 Å². The Bertz CT molecular complexity index is 540. The van der Waals surface area contributed by atoms with Crippen LogP contribution in [0.25, 0.3) is 0 Å². The van der Waals surface area contributed by atoms with Crippen LogP contribution in [0.2, 0.25) is 0 Å². The summed E-state index contributed by atoms with van der Waals surface area (Å²) >= 11 is 1.77. The zero-order valence-corrected chi connectivity index (χ0v) is 13.4. The number of nitrogens with one attached hydrogen (secondary N) is 1. The molecule has 3 nitrogen and oxygen atoms in total. The van der Waals surface area contributed by atoms with E-state index in [2.05, 4.69) is 31.1 Å². The molecule has 0 atom stereocenters. The van der Waals surface area contributed by atoms with Crippen LogP contribution >= 0.6 is 11.3 Å². The first-order chi connectivity index (χ1) is 9.49. The van der Waals surface area contributed by atoms with Crippen LogP contribution in [0.4, 0.5) is 5.69 Å². The molecule has 1 aromatic carbocycles. The Kier molecular flexibility index (Phi) is 4.65. The third-order valence-corrected chi connectivity index (χ3v) is 4.25. The fourth-order valence-corrected chi connectivity index (χ4v) is 2.67. The maximum Gasteiger partial charge on any atom is 0.119 e. The van der Waals surface area contributed by atoms with Crippen molar-refractivity contribution in [3.05, 3.63) is 40.3 Å². The van der Waals surface area contributed by atoms with Crippen LogP contribution in [-0.2, 0) is 12.0 Å². The third kappa shape index (κ3) is 3.97. The molecule has 0 aliphatic rings. The molecule has 0 spiro atoms. The van der Waals surface area contributed by atoms with E-state index in [9.17, 15) is 0 Å². The Morgan fingerprint density at radius 2 is 1.90 bits per heavy atom. The number of nitrogens with zero attached hydrogens (tertiary/aromatic N) is 1. The average Bonchev–Trinajstić information content (AvgIpc) is 2.87. The number of anilines is 1. The summed E-state index contributed by atoms with van der Waals surface area (Å²) in [6, 6.07) is 8.05. The van der Waals surface area contributed by atoms with Gasteiger partial charge in [-0.1, -0.05) is 20.8 Å². The van der Waals surface area contributed by atoms with Gasteiger partial charge in [-0.2, -0.15) is 0 Å². The van der Waals surface area contributed by atoms with Crippen LogP contribution in [-0.4, -0.2) is 11.6 Å². The lowest BCUT2D eigenvalue weighted by Crippen LogP contribution is -2.09. The van der Waals surface area contributed by atoms with E-state index < -0.39 is 0 Å². The van der Waals surface area contributed by atoms with Gasteiger partial charge in [0.05, 0.1) is 18.2 Å². The standard InChI is InChI=1S/C16H22N2OS/c1-5-19-13-8-6-12(7-9-13)17-10-14-11-18-15(20-14)16(2,3)4/h6-9,11,17H,5,10H2,1-4H3. The molecule has 1 heterocycles. The molecule has 0 radical (unpaired) electrons. The number of hydrogen-bond donors (Lipinski definition) is 1. The van der Waals surface area contributed by atoms with Crippen molar-refractivity contribution in [3.8, 4) is 5.75 Å². The van der Waals surface area contributed by atoms with Gasteiger partial charge in [0.25, 0.3) is 0 Å². The predicted molar refractivity (Wildman–Crippen MR) is 85.8 cm³/mol. The Morgan fingerprint density at radius 3 is 2.45 bits per heavy atom. The Morgan fingerprint density at radius 1 is 1.20 bits per heavy atom. The van der Waals surface area contributed by atoms with E-state index in [0.29, 0.717) is 6.61 Å². The Balaban J connectivity index is 1.93. The maximum absolute atomic E-state index is 5.43. The van der Waals surface area contributed by atoms with Crippen molar-refractivity contribution in [2.24, 2.45) is 0 Å². The SMILES string of the molecule is CCOc1ccc(NCc2cnc(C(C)(C)C)s2)cc1. The molecule has 0 bridgehead atoms. The first-order valence-electron chi connectivity index (χ1n) is 6.91. The third-order valence-electron chi connectivity index (χ3n) is 2.83. The second-order valence-electron chi connectivity index (χ2n) is 5.69. The van der Waals surface area contributed by atoms with E-state index in [1.54, 1.807) is 11.3 Å². The number of hydrogen-bond acceptors (Lipinski definition) is 4. The molecule has 20 heavy (non-hydrogen) atoms. The molecular formula is C16H22N2OS. The van der Waals surface area contributed by atoms with E-state index in [1.807, 2.05) is 37.4 Å². The molecule has 4 heteroatoms. The molecule has 1 aromatic heterocycles. The van der Waals surface area contributed by atoms with Crippen molar-refractivity contribution in [1.29, 1.82) is 0 Å². The zero-order chi connectivity index (χ0) is 14.6. The average molecular weight is 290 g/mol. The van der Waals surface area contributed by atoms with Crippen molar-refractivity contribution >= 4 is 17.0 Å². The Labute approximate surface area is 125 Å². The van der Waals surface area contributed by atoms with Crippen molar-refractivity contribution in [3.63, 3.8) is 0 Å². The summed E-state index contributed by atoms with van der Waals surface area (Å²) < 4.78 is 5.43. The maximum atomic E-state index is 5.43. The highest BCUT2D eigenvalue weighted by atomic mass is 32.1. The number of rotatable bonds is 5. The molecule has 2 rings (SSSR count). The quantitative estimate of drug-likeness (QED) is 0.883. The molecule has 108 valence electrons. The second kappa shape index (κ2) is 6.27. The highest BCUT2D eigenvalue weighted by molar-refractivity contribution is 7.11. The second-order valence-corrected chi connectivity index (χ2v) is 6.81. The van der Waals surface area contributed by atoms with Gasteiger partial charge in [-0.05, 0) is 31.2 Å².